The van der Waals surface area contributed by atoms with Crippen molar-refractivity contribution in [2.45, 2.75) is 91.9 Å². The summed E-state index contributed by atoms with van der Waals surface area (Å²) in [5.41, 5.74) is 15.2. The van der Waals surface area contributed by atoms with Crippen LogP contribution in [0.15, 0.2) is 125 Å². The molecule has 6 aromatic rings. The fourth-order valence-electron chi connectivity index (χ4n) is 9.33. The molecule has 2 aliphatic rings. The Morgan fingerprint density at radius 2 is 1.19 bits per heavy atom. The summed E-state index contributed by atoms with van der Waals surface area (Å²) < 4.78 is 5.25. The minimum atomic E-state index is -2.80. The second-order valence-corrected chi connectivity index (χ2v) is 23.8. The van der Waals surface area contributed by atoms with Crippen molar-refractivity contribution in [3.63, 3.8) is 0 Å². The van der Waals surface area contributed by atoms with Crippen molar-refractivity contribution in [1.29, 1.82) is 0 Å². The molecule has 2 aliphatic carbocycles. The van der Waals surface area contributed by atoms with Gasteiger partial charge >= 0.3 is 321 Å². The van der Waals surface area contributed by atoms with Gasteiger partial charge in [0.1, 0.15) is 0 Å². The number of fused-ring (bicyclic) bond motifs is 5. The molecule has 1 heteroatoms. The molecule has 52 heavy (non-hydrogen) atoms. The predicted molar refractivity (Wildman–Crippen MR) is 223 cm³/mol. The number of rotatable bonds is 6. The Kier molecular flexibility index (Phi) is 9.11. The van der Waals surface area contributed by atoms with Gasteiger partial charge in [0, 0.05) is 0 Å². The van der Waals surface area contributed by atoms with Crippen LogP contribution in [0, 0.1) is 13.8 Å². The first kappa shape index (κ1) is 35.1. The van der Waals surface area contributed by atoms with Gasteiger partial charge in [-0.2, -0.15) is 0 Å². The van der Waals surface area contributed by atoms with Gasteiger partial charge in [-0.1, -0.05) is 0 Å². The number of allylic oxidation sites excluding steroid dienone is 4. The van der Waals surface area contributed by atoms with Crippen LogP contribution in [0.2, 0.25) is 0 Å². The molecule has 0 nitrogen and oxygen atoms in total. The van der Waals surface area contributed by atoms with Crippen molar-refractivity contribution in [1.82, 2.24) is 0 Å². The van der Waals surface area contributed by atoms with E-state index in [1.807, 2.05) is 0 Å². The van der Waals surface area contributed by atoms with Gasteiger partial charge in [0.05, 0.1) is 0 Å². The molecule has 0 aliphatic heterocycles. The van der Waals surface area contributed by atoms with Crippen LogP contribution in [-0.4, -0.2) is 3.21 Å². The topological polar surface area (TPSA) is 0 Å². The first-order chi connectivity index (χ1) is 24.9. The van der Waals surface area contributed by atoms with E-state index in [1.54, 1.807) is 20.9 Å². The van der Waals surface area contributed by atoms with Crippen LogP contribution in [0.1, 0.15) is 92.5 Å². The van der Waals surface area contributed by atoms with Crippen LogP contribution in [0.5, 0.6) is 0 Å². The van der Waals surface area contributed by atoms with Gasteiger partial charge < -0.3 is 0 Å². The monoisotopic (exact) mass is 754 g/mol. The third-order valence-corrected chi connectivity index (χ3v) is 19.7. The number of hydrogen-bond donors (Lipinski definition) is 0. The predicted octanol–water partition coefficient (Wildman–Crippen LogP) is 12.5. The van der Waals surface area contributed by atoms with Crippen molar-refractivity contribution >= 4 is 28.0 Å². The van der Waals surface area contributed by atoms with E-state index in [0.29, 0.717) is 0 Å². The molecule has 0 saturated heterocycles. The minimum absolute atomic E-state index is 0.0379. The first-order valence-electron chi connectivity index (χ1n) is 19.2. The molecular formula is C51H52Zr. The van der Waals surface area contributed by atoms with E-state index in [1.165, 1.54) is 66.1 Å². The van der Waals surface area contributed by atoms with Gasteiger partial charge in [-0.3, -0.25) is 0 Å². The number of hydrogen-bond acceptors (Lipinski definition) is 0. The molecule has 260 valence electrons. The molecular weight excluding hydrogens is 704 g/mol. The summed E-state index contributed by atoms with van der Waals surface area (Å²) in [6, 6.07) is 39.7. The van der Waals surface area contributed by atoms with Crippen LogP contribution in [-0.2, 0) is 51.4 Å². The van der Waals surface area contributed by atoms with Crippen molar-refractivity contribution < 1.29 is 21.3 Å². The van der Waals surface area contributed by atoms with Crippen molar-refractivity contribution in [2.24, 2.45) is 0 Å². The van der Waals surface area contributed by atoms with E-state index >= 15 is 0 Å². The Morgan fingerprint density at radius 1 is 0.635 bits per heavy atom. The molecule has 0 atom stereocenters. The summed E-state index contributed by atoms with van der Waals surface area (Å²) in [7, 11) is 0. The summed E-state index contributed by atoms with van der Waals surface area (Å²) in [6.07, 6.45) is 11.4. The van der Waals surface area contributed by atoms with Gasteiger partial charge in [0.25, 0.3) is 0 Å². The Hall–Kier alpha value is -3.93. The van der Waals surface area contributed by atoms with Crippen LogP contribution in [0.4, 0.5) is 0 Å². The fraction of sp³-hybridized carbons (Fsp3) is 0.275. The molecule has 0 radical (unpaired) electrons. The summed E-state index contributed by atoms with van der Waals surface area (Å²) in [4.78, 5) is 0. The molecule has 0 spiro atoms. The van der Waals surface area contributed by atoms with Crippen LogP contribution in [0.25, 0.3) is 32.7 Å². The van der Waals surface area contributed by atoms with Gasteiger partial charge in [-0.25, -0.2) is 0 Å². The SMILES string of the molecule is Cc1cc2c(cc1C(C)(C)C)-c1cc(C(C)(C)C)c(C)[c]([Zr]([C]3=CC=CC3)=[C](Cc3cccc4ccccc34)Cc3cccc4ccccc34)c1C2. The summed E-state index contributed by atoms with van der Waals surface area (Å²) in [5, 5.41) is 5.46. The molecule has 0 amide bonds. The number of benzene rings is 6. The summed E-state index contributed by atoms with van der Waals surface area (Å²) in [6.45, 7) is 19.2. The average molecular weight is 756 g/mol. The molecule has 0 bridgehead atoms. The zero-order chi connectivity index (χ0) is 36.4. The Bertz CT molecular complexity index is 2390. The molecule has 0 saturated carbocycles. The second-order valence-electron chi connectivity index (χ2n) is 17.4. The Balaban J connectivity index is 1.46. The van der Waals surface area contributed by atoms with E-state index < -0.39 is 21.3 Å². The second kappa shape index (κ2) is 13.5. The first-order valence-corrected chi connectivity index (χ1v) is 22.9. The average Bonchev–Trinajstić information content (AvgIpc) is 3.76. The maximum absolute atomic E-state index is 2.80. The van der Waals surface area contributed by atoms with E-state index in [-0.39, 0.29) is 10.8 Å². The van der Waals surface area contributed by atoms with Crippen LogP contribution >= 0.6 is 0 Å². The molecule has 6 aromatic carbocycles. The third kappa shape index (κ3) is 6.39. The van der Waals surface area contributed by atoms with Gasteiger partial charge in [-0.15, -0.1) is 0 Å². The Labute approximate surface area is 319 Å². The van der Waals surface area contributed by atoms with Crippen molar-refractivity contribution in [3.05, 3.63) is 169 Å². The van der Waals surface area contributed by atoms with Crippen molar-refractivity contribution in [2.75, 3.05) is 0 Å². The zero-order valence-electron chi connectivity index (χ0n) is 32.4. The van der Waals surface area contributed by atoms with Crippen LogP contribution in [0.3, 0.4) is 0 Å². The molecule has 8 rings (SSSR count). The normalized spacial score (nSPS) is 13.8. The van der Waals surface area contributed by atoms with E-state index in [9.17, 15) is 0 Å². The standard InChI is InChI=1S/C23H18.C23H29.C5H5.Zr/c1-3-16-22-18(8-1)10-5-12-20(22)14-7-15-21-13-6-11-19-9-2-4-17-23(19)21;1-14-9-16-11-17-10-15(2)21(23(6,7)8)13-19(17)18(16)12-20(14)22(3,4)5;1-2-4-5-3-1;/h1-6,8-13,16-17H,14-15H2;9,12-13H,11H2,1-8H3;1-3H,4H2;. The Morgan fingerprint density at radius 3 is 1.75 bits per heavy atom. The molecule has 0 fully saturated rings. The number of aryl methyl sites for hydroxylation is 1. The van der Waals surface area contributed by atoms with Gasteiger partial charge in [0.2, 0.25) is 0 Å². The van der Waals surface area contributed by atoms with Gasteiger partial charge in [0.15, 0.2) is 0 Å². The summed E-state index contributed by atoms with van der Waals surface area (Å²) in [5.74, 6) is 0. The summed E-state index contributed by atoms with van der Waals surface area (Å²) >= 11 is -2.80. The van der Waals surface area contributed by atoms with E-state index in [0.717, 1.165) is 25.7 Å². The maximum atomic E-state index is 2.61. The molecule has 0 aromatic heterocycles. The molecule has 0 N–H and O–H groups in total. The van der Waals surface area contributed by atoms with Crippen molar-refractivity contribution in [3.8, 4) is 11.1 Å². The van der Waals surface area contributed by atoms with E-state index in [2.05, 4.69) is 177 Å². The van der Waals surface area contributed by atoms with Crippen LogP contribution < -0.4 is 3.27 Å². The quantitative estimate of drug-likeness (QED) is 0.159. The van der Waals surface area contributed by atoms with E-state index in [4.69, 9.17) is 0 Å². The molecule has 0 heterocycles. The third-order valence-electron chi connectivity index (χ3n) is 11.7. The zero-order valence-corrected chi connectivity index (χ0v) is 34.8. The van der Waals surface area contributed by atoms with Gasteiger partial charge in [-0.05, 0) is 0 Å². The molecule has 0 unspecified atom stereocenters. The fourth-order valence-corrected chi connectivity index (χ4v) is 17.9.